The second-order valence-corrected chi connectivity index (χ2v) is 5.59. The molecule has 0 aliphatic heterocycles. The third-order valence-electron chi connectivity index (χ3n) is 2.57. The van der Waals surface area contributed by atoms with E-state index in [2.05, 4.69) is 19.9 Å². The lowest BCUT2D eigenvalue weighted by Gasteiger charge is -2.06. The summed E-state index contributed by atoms with van der Waals surface area (Å²) in [5.41, 5.74) is 1.24. The van der Waals surface area contributed by atoms with Crippen LogP contribution in [-0.4, -0.2) is 35.3 Å². The van der Waals surface area contributed by atoms with Crippen molar-refractivity contribution in [1.82, 2.24) is 19.9 Å². The lowest BCUT2D eigenvalue weighted by atomic mass is 10.2. The van der Waals surface area contributed by atoms with Crippen LogP contribution in [0.25, 0.3) is 0 Å². The Morgan fingerprint density at radius 2 is 2.05 bits per heavy atom. The molecule has 0 saturated heterocycles. The molecule has 102 valence electrons. The van der Waals surface area contributed by atoms with Crippen molar-refractivity contribution in [2.24, 2.45) is 0 Å². The molecular weight excluding hydrogens is 268 g/mol. The first-order valence-electron chi connectivity index (χ1n) is 5.65. The van der Waals surface area contributed by atoms with Crippen LogP contribution in [0.5, 0.6) is 0 Å². The Bertz CT molecular complexity index is 624. The Balaban J connectivity index is 1.99. The molecule has 0 aromatic carbocycles. The Hall–Kier alpha value is -1.77. The molecule has 0 saturated carbocycles. The second kappa shape index (κ2) is 5.91. The van der Waals surface area contributed by atoms with Gasteiger partial charge in [0, 0.05) is 24.5 Å². The van der Waals surface area contributed by atoms with Crippen LogP contribution < -0.4 is 4.72 Å². The minimum Gasteiger partial charge on any atom is -0.392 e. The number of sulfonamides is 1. The number of pyridine rings is 1. The molecule has 7 nitrogen and oxygen atoms in total. The van der Waals surface area contributed by atoms with Crippen molar-refractivity contribution in [3.63, 3.8) is 0 Å². The van der Waals surface area contributed by atoms with Crippen LogP contribution >= 0.6 is 0 Å². The third-order valence-corrected chi connectivity index (χ3v) is 4.05. The monoisotopic (exact) mass is 282 g/mol. The lowest BCUT2D eigenvalue weighted by Crippen LogP contribution is -2.27. The summed E-state index contributed by atoms with van der Waals surface area (Å²) in [5.74, 6) is 0. The largest absolute Gasteiger partial charge is 0.392 e. The molecule has 0 amide bonds. The van der Waals surface area contributed by atoms with Gasteiger partial charge in [-0.25, -0.2) is 13.1 Å². The highest BCUT2D eigenvalue weighted by Gasteiger charge is 2.19. The van der Waals surface area contributed by atoms with Gasteiger partial charge < -0.3 is 5.11 Å². The number of hydrogen-bond donors (Lipinski definition) is 3. The predicted octanol–water partition coefficient (Wildman–Crippen LogP) is -0.182. The number of H-pyrrole nitrogens is 1. The number of nitrogens with one attached hydrogen (secondary N) is 2. The third kappa shape index (κ3) is 3.37. The topological polar surface area (TPSA) is 108 Å². The van der Waals surface area contributed by atoms with Crippen LogP contribution in [0.3, 0.4) is 0 Å². The molecule has 0 aliphatic rings. The maximum Gasteiger partial charge on any atom is 0.257 e. The van der Waals surface area contributed by atoms with Gasteiger partial charge in [-0.3, -0.25) is 10.1 Å². The minimum absolute atomic E-state index is 0.0928. The SMILES string of the molecule is O=S(=O)(NCCc1ccncc1)c1[nH]ncc1CO. The van der Waals surface area contributed by atoms with Gasteiger partial charge in [0.15, 0.2) is 5.03 Å². The number of aromatic nitrogens is 3. The van der Waals surface area contributed by atoms with E-state index in [0.717, 1.165) is 5.56 Å². The number of hydrogen-bond acceptors (Lipinski definition) is 5. The normalized spacial score (nSPS) is 11.6. The average Bonchev–Trinajstić information content (AvgIpc) is 2.89. The molecule has 2 aromatic heterocycles. The van der Waals surface area contributed by atoms with Gasteiger partial charge >= 0.3 is 0 Å². The van der Waals surface area contributed by atoms with Crippen LogP contribution in [-0.2, 0) is 23.1 Å². The summed E-state index contributed by atoms with van der Waals surface area (Å²) in [4.78, 5) is 3.89. The maximum atomic E-state index is 12.0. The van der Waals surface area contributed by atoms with Crippen LogP contribution in [0.15, 0.2) is 35.7 Å². The molecule has 0 spiro atoms. The van der Waals surface area contributed by atoms with Crippen molar-refractivity contribution < 1.29 is 13.5 Å². The quantitative estimate of drug-likeness (QED) is 0.681. The summed E-state index contributed by atoms with van der Waals surface area (Å²) >= 11 is 0. The number of aliphatic hydroxyl groups is 1. The van der Waals surface area contributed by atoms with Gasteiger partial charge in [-0.05, 0) is 24.1 Å². The van der Waals surface area contributed by atoms with Crippen molar-refractivity contribution in [2.45, 2.75) is 18.1 Å². The zero-order valence-corrected chi connectivity index (χ0v) is 10.9. The molecule has 0 atom stereocenters. The summed E-state index contributed by atoms with van der Waals surface area (Å²) < 4.78 is 26.4. The van der Waals surface area contributed by atoms with Crippen LogP contribution in [0.2, 0.25) is 0 Å². The van der Waals surface area contributed by atoms with E-state index in [1.54, 1.807) is 12.4 Å². The highest BCUT2D eigenvalue weighted by molar-refractivity contribution is 7.89. The minimum atomic E-state index is -3.67. The zero-order chi connectivity index (χ0) is 13.7. The van der Waals surface area contributed by atoms with Gasteiger partial charge in [-0.15, -0.1) is 0 Å². The Labute approximate surface area is 110 Å². The molecule has 2 aromatic rings. The molecule has 0 bridgehead atoms. The second-order valence-electron chi connectivity index (χ2n) is 3.89. The van der Waals surface area contributed by atoms with E-state index >= 15 is 0 Å². The Morgan fingerprint density at radius 1 is 1.32 bits per heavy atom. The average molecular weight is 282 g/mol. The zero-order valence-electron chi connectivity index (χ0n) is 10.1. The number of rotatable bonds is 6. The summed E-state index contributed by atoms with van der Waals surface area (Å²) in [5, 5.41) is 14.9. The van der Waals surface area contributed by atoms with Crippen molar-refractivity contribution in [3.05, 3.63) is 41.9 Å². The summed E-state index contributed by atoms with van der Waals surface area (Å²) in [6.07, 6.45) is 5.16. The predicted molar refractivity (Wildman–Crippen MR) is 67.6 cm³/mol. The summed E-state index contributed by atoms with van der Waals surface area (Å²) in [6, 6.07) is 3.65. The highest BCUT2D eigenvalue weighted by Crippen LogP contribution is 2.11. The van der Waals surface area contributed by atoms with Crippen molar-refractivity contribution in [1.29, 1.82) is 0 Å². The fourth-order valence-electron chi connectivity index (χ4n) is 1.60. The van der Waals surface area contributed by atoms with E-state index in [9.17, 15) is 8.42 Å². The first kappa shape index (κ1) is 13.7. The number of aromatic amines is 1. The van der Waals surface area contributed by atoms with Crippen molar-refractivity contribution in [2.75, 3.05) is 6.54 Å². The van der Waals surface area contributed by atoms with E-state index < -0.39 is 10.0 Å². The Kier molecular flexibility index (Phi) is 4.25. The first-order chi connectivity index (χ1) is 9.13. The van der Waals surface area contributed by atoms with Gasteiger partial charge in [0.1, 0.15) is 0 Å². The lowest BCUT2D eigenvalue weighted by molar-refractivity contribution is 0.278. The van der Waals surface area contributed by atoms with Crippen LogP contribution in [0.1, 0.15) is 11.1 Å². The van der Waals surface area contributed by atoms with Gasteiger partial charge in [-0.2, -0.15) is 5.10 Å². The highest BCUT2D eigenvalue weighted by atomic mass is 32.2. The van der Waals surface area contributed by atoms with E-state index in [1.807, 2.05) is 12.1 Å². The van der Waals surface area contributed by atoms with Crippen molar-refractivity contribution in [3.8, 4) is 0 Å². The molecule has 0 fully saturated rings. The summed E-state index contributed by atoms with van der Waals surface area (Å²) in [6.45, 7) is -0.118. The van der Waals surface area contributed by atoms with E-state index in [4.69, 9.17) is 5.11 Å². The number of nitrogens with zero attached hydrogens (tertiary/aromatic N) is 2. The smallest absolute Gasteiger partial charge is 0.257 e. The molecule has 8 heteroatoms. The van der Waals surface area contributed by atoms with Gasteiger partial charge in [0.2, 0.25) is 0 Å². The molecule has 0 aliphatic carbocycles. The molecule has 2 heterocycles. The molecule has 19 heavy (non-hydrogen) atoms. The molecule has 0 unspecified atom stereocenters. The van der Waals surface area contributed by atoms with Gasteiger partial charge in [0.25, 0.3) is 10.0 Å². The van der Waals surface area contributed by atoms with Gasteiger partial charge in [-0.1, -0.05) is 0 Å². The fourth-order valence-corrected chi connectivity index (χ4v) is 2.75. The van der Waals surface area contributed by atoms with Crippen LogP contribution in [0.4, 0.5) is 0 Å². The first-order valence-corrected chi connectivity index (χ1v) is 7.13. The standard InChI is InChI=1S/C11H14N4O3S/c16-8-10-7-13-15-11(10)19(17,18)14-6-3-9-1-4-12-5-2-9/h1-2,4-5,7,14,16H,3,6,8H2,(H,13,15). The van der Waals surface area contributed by atoms with Gasteiger partial charge in [0.05, 0.1) is 12.8 Å². The van der Waals surface area contributed by atoms with E-state index in [1.165, 1.54) is 6.20 Å². The van der Waals surface area contributed by atoms with E-state index in [-0.39, 0.29) is 23.7 Å². The Morgan fingerprint density at radius 3 is 2.74 bits per heavy atom. The summed E-state index contributed by atoms with van der Waals surface area (Å²) in [7, 11) is -3.67. The maximum absolute atomic E-state index is 12.0. The number of aliphatic hydroxyl groups excluding tert-OH is 1. The molecule has 0 radical (unpaired) electrons. The fraction of sp³-hybridized carbons (Fsp3) is 0.273. The molecule has 3 N–H and O–H groups in total. The molecular formula is C11H14N4O3S. The van der Waals surface area contributed by atoms with Crippen molar-refractivity contribution >= 4 is 10.0 Å². The molecule has 2 rings (SSSR count). The van der Waals surface area contributed by atoms with Crippen LogP contribution in [0, 0.1) is 0 Å². The van der Waals surface area contributed by atoms with E-state index in [0.29, 0.717) is 6.42 Å².